The van der Waals surface area contributed by atoms with Crippen molar-refractivity contribution in [3.8, 4) is 0 Å². The summed E-state index contributed by atoms with van der Waals surface area (Å²) in [5.74, 6) is -1.60. The predicted molar refractivity (Wildman–Crippen MR) is 105 cm³/mol. The maximum atomic E-state index is 13.3. The van der Waals surface area contributed by atoms with Gasteiger partial charge in [-0.05, 0) is 42.0 Å². The molecule has 28 heavy (non-hydrogen) atoms. The Morgan fingerprint density at radius 3 is 2.21 bits per heavy atom. The summed E-state index contributed by atoms with van der Waals surface area (Å²) in [6.45, 7) is 5.05. The van der Waals surface area contributed by atoms with Gasteiger partial charge in [0.2, 0.25) is 5.91 Å². The molecule has 2 N–H and O–H groups in total. The van der Waals surface area contributed by atoms with E-state index in [1.165, 1.54) is 37.3 Å². The fourth-order valence-corrected chi connectivity index (χ4v) is 2.86. The fourth-order valence-electron chi connectivity index (χ4n) is 2.86. The molecule has 0 saturated carbocycles. The predicted octanol–water partition coefficient (Wildman–Crippen LogP) is 3.16. The van der Waals surface area contributed by atoms with Gasteiger partial charge in [-0.3, -0.25) is 19.3 Å². The van der Waals surface area contributed by atoms with Crippen LogP contribution in [0.1, 0.15) is 12.5 Å². The molecular weight excluding hydrogens is 361 g/mol. The Balaban J connectivity index is 1.98. The Labute approximate surface area is 161 Å². The highest BCUT2D eigenvalue weighted by Crippen LogP contribution is 2.30. The SMILES string of the molecule is C=CCN1C(=O)C(Nc2ccc(NC(C)=O)cc2)=C(c2ccc(F)cc2)C1=O. The van der Waals surface area contributed by atoms with Gasteiger partial charge in [-0.25, -0.2) is 4.39 Å². The first kappa shape index (κ1) is 19.0. The Hall–Kier alpha value is -3.74. The molecule has 0 saturated heterocycles. The second-order valence-corrected chi connectivity index (χ2v) is 6.15. The van der Waals surface area contributed by atoms with Crippen LogP contribution >= 0.6 is 0 Å². The molecule has 0 unspecified atom stereocenters. The highest BCUT2D eigenvalue weighted by Gasteiger charge is 2.38. The lowest BCUT2D eigenvalue weighted by Gasteiger charge is -2.12. The van der Waals surface area contributed by atoms with Gasteiger partial charge in [-0.1, -0.05) is 18.2 Å². The van der Waals surface area contributed by atoms with Gasteiger partial charge in [-0.2, -0.15) is 0 Å². The minimum Gasteiger partial charge on any atom is -0.350 e. The van der Waals surface area contributed by atoms with Crippen LogP contribution in [0.4, 0.5) is 15.8 Å². The van der Waals surface area contributed by atoms with Crippen LogP contribution in [0.15, 0.2) is 66.9 Å². The first-order valence-corrected chi connectivity index (χ1v) is 8.52. The second-order valence-electron chi connectivity index (χ2n) is 6.15. The highest BCUT2D eigenvalue weighted by atomic mass is 19.1. The lowest BCUT2D eigenvalue weighted by molar-refractivity contribution is -0.136. The van der Waals surface area contributed by atoms with Gasteiger partial charge < -0.3 is 10.6 Å². The summed E-state index contributed by atoms with van der Waals surface area (Å²) in [6.07, 6.45) is 1.46. The van der Waals surface area contributed by atoms with Crippen molar-refractivity contribution in [3.05, 3.63) is 78.3 Å². The number of nitrogens with one attached hydrogen (secondary N) is 2. The molecule has 7 heteroatoms. The molecule has 0 aliphatic carbocycles. The van der Waals surface area contributed by atoms with Crippen molar-refractivity contribution in [2.24, 2.45) is 0 Å². The molecule has 6 nitrogen and oxygen atoms in total. The number of nitrogens with zero attached hydrogens (tertiary/aromatic N) is 1. The molecule has 0 radical (unpaired) electrons. The van der Waals surface area contributed by atoms with E-state index in [-0.39, 0.29) is 23.7 Å². The quantitative estimate of drug-likeness (QED) is 0.597. The van der Waals surface area contributed by atoms with Crippen molar-refractivity contribution < 1.29 is 18.8 Å². The number of benzene rings is 2. The molecule has 0 atom stereocenters. The Bertz CT molecular complexity index is 979. The normalized spacial score (nSPS) is 13.7. The van der Waals surface area contributed by atoms with Gasteiger partial charge >= 0.3 is 0 Å². The molecule has 3 rings (SSSR count). The summed E-state index contributed by atoms with van der Waals surface area (Å²) in [7, 11) is 0. The highest BCUT2D eigenvalue weighted by molar-refractivity contribution is 6.36. The third-order valence-electron chi connectivity index (χ3n) is 4.09. The van der Waals surface area contributed by atoms with Crippen molar-refractivity contribution in [3.63, 3.8) is 0 Å². The van der Waals surface area contributed by atoms with Gasteiger partial charge in [0.25, 0.3) is 11.8 Å². The van der Waals surface area contributed by atoms with Crippen LogP contribution in [0.25, 0.3) is 5.57 Å². The molecule has 1 aliphatic rings. The summed E-state index contributed by atoms with van der Waals surface area (Å²) in [4.78, 5) is 37.8. The van der Waals surface area contributed by atoms with Gasteiger partial charge in [0.1, 0.15) is 11.5 Å². The molecule has 0 fully saturated rings. The van der Waals surface area contributed by atoms with Crippen molar-refractivity contribution in [1.29, 1.82) is 0 Å². The second kappa shape index (κ2) is 7.87. The molecule has 1 aliphatic heterocycles. The van der Waals surface area contributed by atoms with Crippen LogP contribution in [0.5, 0.6) is 0 Å². The van der Waals surface area contributed by atoms with E-state index < -0.39 is 17.6 Å². The number of imide groups is 1. The molecule has 0 aromatic heterocycles. The standard InChI is InChI=1S/C21H18FN3O3/c1-3-12-25-20(27)18(14-4-6-15(22)7-5-14)19(21(25)28)24-17-10-8-16(9-11-17)23-13(2)26/h3-11,24H,1,12H2,2H3,(H,23,26). The zero-order chi connectivity index (χ0) is 20.3. The van der Waals surface area contributed by atoms with E-state index >= 15 is 0 Å². The number of carbonyl (C=O) groups excluding carboxylic acids is 3. The minimum absolute atomic E-state index is 0.0645. The van der Waals surface area contributed by atoms with Crippen LogP contribution in [0, 0.1) is 5.82 Å². The molecule has 0 spiro atoms. The van der Waals surface area contributed by atoms with Gasteiger partial charge in [0.15, 0.2) is 0 Å². The minimum atomic E-state index is -0.491. The molecular formula is C21H18FN3O3. The van der Waals surface area contributed by atoms with Crippen molar-refractivity contribution in [1.82, 2.24) is 4.90 Å². The summed E-state index contributed by atoms with van der Waals surface area (Å²) in [5.41, 5.74) is 1.87. The van der Waals surface area contributed by atoms with Crippen LogP contribution in [0.2, 0.25) is 0 Å². The Kier molecular flexibility index (Phi) is 5.35. The number of halogens is 1. The van der Waals surface area contributed by atoms with E-state index in [9.17, 15) is 18.8 Å². The number of anilines is 2. The molecule has 142 valence electrons. The zero-order valence-corrected chi connectivity index (χ0v) is 15.2. The average molecular weight is 379 g/mol. The van der Waals surface area contributed by atoms with E-state index in [1.54, 1.807) is 24.3 Å². The molecule has 2 aromatic rings. The summed E-state index contributed by atoms with van der Waals surface area (Å²) < 4.78 is 13.3. The number of hydrogen-bond donors (Lipinski definition) is 2. The lowest BCUT2D eigenvalue weighted by atomic mass is 10.0. The third kappa shape index (κ3) is 3.83. The van der Waals surface area contributed by atoms with Crippen LogP contribution in [-0.4, -0.2) is 29.2 Å². The largest absolute Gasteiger partial charge is 0.350 e. The van der Waals surface area contributed by atoms with Crippen molar-refractivity contribution in [2.45, 2.75) is 6.92 Å². The molecule has 0 bridgehead atoms. The average Bonchev–Trinajstić information content (AvgIpc) is 2.88. The first-order chi connectivity index (χ1) is 13.4. The van der Waals surface area contributed by atoms with Gasteiger partial charge in [0.05, 0.1) is 5.57 Å². The third-order valence-corrected chi connectivity index (χ3v) is 4.09. The van der Waals surface area contributed by atoms with E-state index in [1.807, 2.05) is 0 Å². The summed E-state index contributed by atoms with van der Waals surface area (Å²) >= 11 is 0. The summed E-state index contributed by atoms with van der Waals surface area (Å²) in [6, 6.07) is 12.1. The maximum absolute atomic E-state index is 13.3. The van der Waals surface area contributed by atoms with E-state index in [2.05, 4.69) is 17.2 Å². The van der Waals surface area contributed by atoms with E-state index in [0.717, 1.165) is 4.90 Å². The smallest absolute Gasteiger partial charge is 0.278 e. The first-order valence-electron chi connectivity index (χ1n) is 8.52. The topological polar surface area (TPSA) is 78.5 Å². The monoisotopic (exact) mass is 379 g/mol. The lowest BCUT2D eigenvalue weighted by Crippen LogP contribution is -2.32. The number of amides is 3. The summed E-state index contributed by atoms with van der Waals surface area (Å²) in [5, 5.41) is 5.63. The Morgan fingerprint density at radius 2 is 1.64 bits per heavy atom. The maximum Gasteiger partial charge on any atom is 0.278 e. The molecule has 2 aromatic carbocycles. The number of carbonyl (C=O) groups is 3. The van der Waals surface area contributed by atoms with Crippen LogP contribution < -0.4 is 10.6 Å². The fraction of sp³-hybridized carbons (Fsp3) is 0.0952. The zero-order valence-electron chi connectivity index (χ0n) is 15.2. The van der Waals surface area contributed by atoms with Crippen LogP contribution in [0.3, 0.4) is 0 Å². The number of rotatable bonds is 6. The molecule has 3 amide bonds. The van der Waals surface area contributed by atoms with Gasteiger partial charge in [-0.15, -0.1) is 6.58 Å². The van der Waals surface area contributed by atoms with E-state index in [4.69, 9.17) is 0 Å². The van der Waals surface area contributed by atoms with E-state index in [0.29, 0.717) is 16.9 Å². The van der Waals surface area contributed by atoms with Crippen LogP contribution in [-0.2, 0) is 14.4 Å². The van der Waals surface area contributed by atoms with Gasteiger partial charge in [0, 0.05) is 24.8 Å². The Morgan fingerprint density at radius 1 is 1.04 bits per heavy atom. The van der Waals surface area contributed by atoms with Crippen molar-refractivity contribution >= 4 is 34.7 Å². The van der Waals surface area contributed by atoms with Crippen molar-refractivity contribution in [2.75, 3.05) is 17.2 Å². The molecule has 1 heterocycles. The number of hydrogen-bond acceptors (Lipinski definition) is 4.